The van der Waals surface area contributed by atoms with Gasteiger partial charge in [-0.15, -0.1) is 0 Å². The zero-order valence-electron chi connectivity index (χ0n) is 15.4. The van der Waals surface area contributed by atoms with Gasteiger partial charge in [0.1, 0.15) is 6.04 Å². The number of amides is 1. The van der Waals surface area contributed by atoms with Gasteiger partial charge in [-0.25, -0.2) is 9.59 Å². The molecular formula is C20H18F3NO5. The number of alkyl halides is 3. The molecule has 1 amide bonds. The maximum absolute atomic E-state index is 12.5. The van der Waals surface area contributed by atoms with E-state index in [1.165, 1.54) is 7.11 Å². The first-order chi connectivity index (χ1) is 13.7. The number of carbonyl (C=O) groups is 3. The van der Waals surface area contributed by atoms with E-state index in [-0.39, 0.29) is 12.0 Å². The van der Waals surface area contributed by atoms with Gasteiger partial charge >= 0.3 is 18.1 Å². The van der Waals surface area contributed by atoms with E-state index in [1.54, 1.807) is 30.3 Å². The summed E-state index contributed by atoms with van der Waals surface area (Å²) < 4.78 is 47.1. The summed E-state index contributed by atoms with van der Waals surface area (Å²) in [6.45, 7) is -0.706. The van der Waals surface area contributed by atoms with Gasteiger partial charge in [-0.2, -0.15) is 13.2 Å². The number of nitrogens with one attached hydrogen (secondary N) is 1. The first-order valence-corrected chi connectivity index (χ1v) is 8.46. The number of hydrogen-bond donors (Lipinski definition) is 1. The Morgan fingerprint density at radius 3 is 2.17 bits per heavy atom. The van der Waals surface area contributed by atoms with Crippen molar-refractivity contribution in [2.75, 3.05) is 13.7 Å². The van der Waals surface area contributed by atoms with E-state index in [4.69, 9.17) is 4.74 Å². The number of ether oxygens (including phenoxy) is 2. The van der Waals surface area contributed by atoms with Crippen molar-refractivity contribution < 1.29 is 37.0 Å². The third-order valence-electron chi connectivity index (χ3n) is 3.89. The lowest BCUT2D eigenvalue weighted by Gasteiger charge is -2.16. The molecule has 29 heavy (non-hydrogen) atoms. The van der Waals surface area contributed by atoms with Gasteiger partial charge in [0.15, 0.2) is 6.61 Å². The van der Waals surface area contributed by atoms with Crippen molar-refractivity contribution in [2.24, 2.45) is 0 Å². The number of rotatable bonds is 7. The zero-order valence-corrected chi connectivity index (χ0v) is 15.4. The summed E-state index contributed by atoms with van der Waals surface area (Å²) in [5.74, 6) is -2.39. The standard InChI is InChI=1S/C20H18F3NO5/c1-28-19(27)16(11-13-5-3-2-4-6-13)24-17(25)12-29-18(26)14-7-9-15(10-8-14)20(21,22)23/h2-10,16H,11-12H2,1H3,(H,24,25)/t16-/m0/s1. The lowest BCUT2D eigenvalue weighted by Crippen LogP contribution is -2.44. The van der Waals surface area contributed by atoms with Gasteiger partial charge < -0.3 is 14.8 Å². The predicted octanol–water partition coefficient (Wildman–Crippen LogP) is 2.76. The van der Waals surface area contributed by atoms with Crippen LogP contribution in [0.3, 0.4) is 0 Å². The topological polar surface area (TPSA) is 81.7 Å². The summed E-state index contributed by atoms with van der Waals surface area (Å²) in [5.41, 5.74) is -0.266. The lowest BCUT2D eigenvalue weighted by molar-refractivity contribution is -0.145. The number of carbonyl (C=O) groups excluding carboxylic acids is 3. The summed E-state index contributed by atoms with van der Waals surface area (Å²) in [6, 6.07) is 11.3. The minimum Gasteiger partial charge on any atom is -0.467 e. The van der Waals surface area contributed by atoms with E-state index in [0.717, 1.165) is 29.8 Å². The molecule has 0 fully saturated rings. The van der Waals surface area contributed by atoms with E-state index in [2.05, 4.69) is 10.1 Å². The van der Waals surface area contributed by atoms with Crippen LogP contribution in [-0.4, -0.2) is 37.6 Å². The molecule has 0 unspecified atom stereocenters. The summed E-state index contributed by atoms with van der Waals surface area (Å²) in [5, 5.41) is 2.41. The minimum absolute atomic E-state index is 0.139. The highest BCUT2D eigenvalue weighted by Crippen LogP contribution is 2.29. The Labute approximate surface area is 164 Å². The van der Waals surface area contributed by atoms with E-state index in [1.807, 2.05) is 0 Å². The monoisotopic (exact) mass is 409 g/mol. The van der Waals surface area contributed by atoms with E-state index in [9.17, 15) is 27.6 Å². The molecule has 0 saturated heterocycles. The number of benzene rings is 2. The van der Waals surface area contributed by atoms with Crippen molar-refractivity contribution in [2.45, 2.75) is 18.6 Å². The highest BCUT2D eigenvalue weighted by atomic mass is 19.4. The van der Waals surface area contributed by atoms with Gasteiger partial charge in [-0.05, 0) is 29.8 Å². The third kappa shape index (κ3) is 6.63. The number of esters is 2. The normalized spacial score (nSPS) is 12.0. The molecule has 154 valence electrons. The molecule has 2 aromatic carbocycles. The zero-order chi connectivity index (χ0) is 21.4. The summed E-state index contributed by atoms with van der Waals surface area (Å²) in [6.07, 6.45) is -4.35. The first-order valence-electron chi connectivity index (χ1n) is 8.46. The third-order valence-corrected chi connectivity index (χ3v) is 3.89. The summed E-state index contributed by atoms with van der Waals surface area (Å²) >= 11 is 0. The highest BCUT2D eigenvalue weighted by molar-refractivity contribution is 5.92. The number of methoxy groups -OCH3 is 1. The fraction of sp³-hybridized carbons (Fsp3) is 0.250. The smallest absolute Gasteiger partial charge is 0.416 e. The fourth-order valence-corrected chi connectivity index (χ4v) is 2.43. The summed E-state index contributed by atoms with van der Waals surface area (Å²) in [7, 11) is 1.18. The van der Waals surface area contributed by atoms with Crippen LogP contribution in [0, 0.1) is 0 Å². The molecule has 0 aliphatic rings. The molecule has 0 radical (unpaired) electrons. The van der Waals surface area contributed by atoms with E-state index in [0.29, 0.717) is 0 Å². The Bertz CT molecular complexity index is 851. The highest BCUT2D eigenvalue weighted by Gasteiger charge is 2.30. The molecule has 1 atom stereocenters. The van der Waals surface area contributed by atoms with Crippen LogP contribution >= 0.6 is 0 Å². The number of hydrogen-bond acceptors (Lipinski definition) is 5. The van der Waals surface area contributed by atoms with Crippen LogP contribution in [0.15, 0.2) is 54.6 Å². The van der Waals surface area contributed by atoms with Crippen LogP contribution in [0.5, 0.6) is 0 Å². The quantitative estimate of drug-likeness (QED) is 0.712. The second-order valence-electron chi connectivity index (χ2n) is 5.98. The molecule has 0 aromatic heterocycles. The van der Waals surface area contributed by atoms with Gasteiger partial charge in [0.25, 0.3) is 5.91 Å². The van der Waals surface area contributed by atoms with Crippen LogP contribution in [0.4, 0.5) is 13.2 Å². The van der Waals surface area contributed by atoms with E-state index < -0.39 is 42.2 Å². The van der Waals surface area contributed by atoms with Crippen molar-refractivity contribution in [3.05, 3.63) is 71.3 Å². The molecule has 2 aromatic rings. The Morgan fingerprint density at radius 2 is 1.62 bits per heavy atom. The van der Waals surface area contributed by atoms with Crippen molar-refractivity contribution >= 4 is 17.8 Å². The van der Waals surface area contributed by atoms with Crippen molar-refractivity contribution in [1.82, 2.24) is 5.32 Å². The second kappa shape index (κ2) is 9.72. The predicted molar refractivity (Wildman–Crippen MR) is 95.8 cm³/mol. The second-order valence-corrected chi connectivity index (χ2v) is 5.98. The van der Waals surface area contributed by atoms with Crippen molar-refractivity contribution in [3.8, 4) is 0 Å². The van der Waals surface area contributed by atoms with Crippen LogP contribution in [-0.2, 0) is 31.7 Å². The van der Waals surface area contributed by atoms with Crippen molar-refractivity contribution in [3.63, 3.8) is 0 Å². The molecule has 6 nitrogen and oxygen atoms in total. The molecule has 9 heteroatoms. The molecule has 0 bridgehead atoms. The number of halogens is 3. The lowest BCUT2D eigenvalue weighted by atomic mass is 10.1. The maximum Gasteiger partial charge on any atom is 0.416 e. The van der Waals surface area contributed by atoms with Crippen molar-refractivity contribution in [1.29, 1.82) is 0 Å². The average molecular weight is 409 g/mol. The largest absolute Gasteiger partial charge is 0.467 e. The van der Waals surface area contributed by atoms with Gasteiger partial charge in [-0.3, -0.25) is 4.79 Å². The Balaban J connectivity index is 1.92. The van der Waals surface area contributed by atoms with Gasteiger partial charge in [-0.1, -0.05) is 30.3 Å². The molecule has 1 N–H and O–H groups in total. The molecule has 0 saturated carbocycles. The Morgan fingerprint density at radius 1 is 1.00 bits per heavy atom. The van der Waals surface area contributed by atoms with Gasteiger partial charge in [0.2, 0.25) is 0 Å². The Hall–Kier alpha value is -3.36. The fourth-order valence-electron chi connectivity index (χ4n) is 2.43. The average Bonchev–Trinajstić information content (AvgIpc) is 2.71. The SMILES string of the molecule is COC(=O)[C@H](Cc1ccccc1)NC(=O)COC(=O)c1ccc(C(F)(F)F)cc1. The van der Waals surface area contributed by atoms with Crippen LogP contribution < -0.4 is 5.32 Å². The maximum atomic E-state index is 12.5. The molecule has 0 spiro atoms. The first kappa shape index (κ1) is 21.9. The molecular weight excluding hydrogens is 391 g/mol. The van der Waals surface area contributed by atoms with Gasteiger partial charge in [0, 0.05) is 6.42 Å². The molecule has 2 rings (SSSR count). The van der Waals surface area contributed by atoms with Crippen LogP contribution in [0.2, 0.25) is 0 Å². The van der Waals surface area contributed by atoms with Crippen LogP contribution in [0.1, 0.15) is 21.5 Å². The Kier molecular flexibility index (Phi) is 7.35. The minimum atomic E-state index is -4.52. The van der Waals surface area contributed by atoms with E-state index >= 15 is 0 Å². The summed E-state index contributed by atoms with van der Waals surface area (Å²) in [4.78, 5) is 35.8. The molecule has 0 aliphatic heterocycles. The van der Waals surface area contributed by atoms with Crippen LogP contribution in [0.25, 0.3) is 0 Å². The van der Waals surface area contributed by atoms with Gasteiger partial charge in [0.05, 0.1) is 18.2 Å². The molecule has 0 heterocycles. The molecule has 0 aliphatic carbocycles.